The maximum Gasteiger partial charge on any atom is 0.252 e. The van der Waals surface area contributed by atoms with Crippen molar-refractivity contribution in [1.82, 2.24) is 4.57 Å². The zero-order valence-corrected chi connectivity index (χ0v) is 17.6. The number of thioether (sulfide) groups is 1. The number of aryl methyl sites for hydroxylation is 1. The highest BCUT2D eigenvalue weighted by Crippen LogP contribution is 2.35. The normalized spacial score (nSPS) is 13.9. The number of benzene rings is 2. The van der Waals surface area contributed by atoms with Crippen LogP contribution in [0.4, 0.5) is 0 Å². The van der Waals surface area contributed by atoms with E-state index in [1.165, 1.54) is 16.2 Å². The van der Waals surface area contributed by atoms with E-state index >= 15 is 0 Å². The number of amides is 1. The van der Waals surface area contributed by atoms with Gasteiger partial charge in [-0.25, -0.2) is 0 Å². The summed E-state index contributed by atoms with van der Waals surface area (Å²) in [5.74, 6) is 2.41. The van der Waals surface area contributed by atoms with Crippen LogP contribution in [0.2, 0.25) is 0 Å². The third-order valence-electron chi connectivity index (χ3n) is 4.47. The second-order valence-electron chi connectivity index (χ2n) is 6.35. The lowest BCUT2D eigenvalue weighted by Crippen LogP contribution is -2.17. The molecule has 0 aliphatic carbocycles. The van der Waals surface area contributed by atoms with E-state index in [0.29, 0.717) is 24.4 Å². The molecule has 0 spiro atoms. The lowest BCUT2D eigenvalue weighted by atomic mass is 10.1. The summed E-state index contributed by atoms with van der Waals surface area (Å²) in [6, 6.07) is 12.1. The summed E-state index contributed by atoms with van der Waals surface area (Å²) in [6.07, 6.45) is 0.303. The maximum atomic E-state index is 12.6. The van der Waals surface area contributed by atoms with Gasteiger partial charge in [0.2, 0.25) is 0 Å². The molecular formula is C21H22N2O3S2. The van der Waals surface area contributed by atoms with Crippen LogP contribution in [0.25, 0.3) is 10.2 Å². The Balaban J connectivity index is 1.63. The molecule has 2 heterocycles. The summed E-state index contributed by atoms with van der Waals surface area (Å²) in [6.45, 7) is 6.03. The van der Waals surface area contributed by atoms with Crippen molar-refractivity contribution in [3.63, 3.8) is 0 Å². The zero-order chi connectivity index (χ0) is 19.5. The number of hydrogen-bond donors (Lipinski definition) is 0. The van der Waals surface area contributed by atoms with E-state index in [2.05, 4.69) is 35.5 Å². The first-order valence-electron chi connectivity index (χ1n) is 9.40. The first-order valence-corrected chi connectivity index (χ1v) is 11.2. The van der Waals surface area contributed by atoms with Gasteiger partial charge in [-0.2, -0.15) is 4.99 Å². The molecule has 0 atom stereocenters. The smallest absolute Gasteiger partial charge is 0.252 e. The molecule has 146 valence electrons. The predicted octanol–water partition coefficient (Wildman–Crippen LogP) is 4.28. The Bertz CT molecular complexity index is 1070. The number of thiazole rings is 1. The van der Waals surface area contributed by atoms with Gasteiger partial charge >= 0.3 is 0 Å². The molecular weight excluding hydrogens is 392 g/mol. The molecule has 0 N–H and O–H groups in total. The number of carbonyl (C=O) groups excluding carboxylic acids is 1. The average Bonchev–Trinajstić information content (AvgIpc) is 3.03. The van der Waals surface area contributed by atoms with Gasteiger partial charge in [-0.1, -0.05) is 30.4 Å². The lowest BCUT2D eigenvalue weighted by molar-refractivity contribution is -0.117. The Morgan fingerprint density at radius 1 is 1.14 bits per heavy atom. The molecule has 1 aliphatic rings. The van der Waals surface area contributed by atoms with E-state index in [1.54, 1.807) is 11.8 Å². The molecule has 0 unspecified atom stereocenters. The maximum absolute atomic E-state index is 12.6. The van der Waals surface area contributed by atoms with Crippen LogP contribution in [0, 0.1) is 0 Å². The number of fused-ring (bicyclic) bond motifs is 2. The molecule has 2 aromatic carbocycles. The first kappa shape index (κ1) is 19.1. The van der Waals surface area contributed by atoms with E-state index in [1.807, 2.05) is 24.3 Å². The summed E-state index contributed by atoms with van der Waals surface area (Å²) < 4.78 is 14.5. The molecule has 1 amide bonds. The fourth-order valence-electron chi connectivity index (χ4n) is 3.19. The van der Waals surface area contributed by atoms with Crippen LogP contribution in [-0.4, -0.2) is 29.4 Å². The molecule has 4 rings (SSSR count). The second-order valence-corrected chi connectivity index (χ2v) is 8.70. The van der Waals surface area contributed by atoms with Gasteiger partial charge in [-0.05, 0) is 30.4 Å². The molecule has 5 nitrogen and oxygen atoms in total. The largest absolute Gasteiger partial charge is 0.486 e. The fraction of sp³-hybridized carbons (Fsp3) is 0.333. The monoisotopic (exact) mass is 414 g/mol. The number of carbonyl (C=O) groups is 1. The van der Waals surface area contributed by atoms with Crippen molar-refractivity contribution < 1.29 is 14.3 Å². The van der Waals surface area contributed by atoms with Crippen molar-refractivity contribution in [2.45, 2.75) is 31.7 Å². The standard InChI is InChI=1S/C21H22N2O3S2/c1-3-23-16-12-17-18(26-10-9-25-17)13-19(16)28-21(23)22-20(24)11-14-5-7-15(8-6-14)27-4-2/h5-8,12-13H,3-4,9-11H2,1-2H3. The molecule has 0 saturated heterocycles. The summed E-state index contributed by atoms with van der Waals surface area (Å²) in [4.78, 5) is 18.9. The van der Waals surface area contributed by atoms with Gasteiger partial charge in [-0.3, -0.25) is 4.79 Å². The quantitative estimate of drug-likeness (QED) is 0.585. The van der Waals surface area contributed by atoms with Gasteiger partial charge < -0.3 is 14.0 Å². The summed E-state index contributed by atoms with van der Waals surface area (Å²) in [5.41, 5.74) is 2.00. The molecule has 0 bridgehead atoms. The third kappa shape index (κ3) is 3.95. The Labute approximate surface area is 172 Å². The highest BCUT2D eigenvalue weighted by atomic mass is 32.2. The lowest BCUT2D eigenvalue weighted by Gasteiger charge is -2.18. The van der Waals surface area contributed by atoms with Gasteiger partial charge in [0, 0.05) is 23.6 Å². The van der Waals surface area contributed by atoms with E-state index in [4.69, 9.17) is 9.47 Å². The minimum absolute atomic E-state index is 0.137. The minimum atomic E-state index is -0.137. The Kier molecular flexibility index (Phi) is 5.73. The van der Waals surface area contributed by atoms with Crippen LogP contribution in [0.15, 0.2) is 46.3 Å². The van der Waals surface area contributed by atoms with Crippen LogP contribution in [-0.2, 0) is 17.8 Å². The van der Waals surface area contributed by atoms with E-state index in [9.17, 15) is 4.79 Å². The highest BCUT2D eigenvalue weighted by Gasteiger charge is 2.16. The van der Waals surface area contributed by atoms with Gasteiger partial charge in [0.1, 0.15) is 13.2 Å². The number of hydrogen-bond acceptors (Lipinski definition) is 5. The van der Waals surface area contributed by atoms with Crippen molar-refractivity contribution in [2.75, 3.05) is 19.0 Å². The van der Waals surface area contributed by atoms with Crippen molar-refractivity contribution >= 4 is 39.2 Å². The molecule has 28 heavy (non-hydrogen) atoms. The molecule has 3 aromatic rings. The van der Waals surface area contributed by atoms with Crippen molar-refractivity contribution in [1.29, 1.82) is 0 Å². The van der Waals surface area contributed by atoms with E-state index in [-0.39, 0.29) is 5.91 Å². The third-order valence-corrected chi connectivity index (χ3v) is 6.41. The number of aromatic nitrogens is 1. The first-order chi connectivity index (χ1) is 13.7. The van der Waals surface area contributed by atoms with Crippen molar-refractivity contribution in [3.05, 3.63) is 46.8 Å². The van der Waals surface area contributed by atoms with Gasteiger partial charge in [0.25, 0.3) is 5.91 Å². The Hall–Kier alpha value is -2.25. The van der Waals surface area contributed by atoms with Crippen LogP contribution >= 0.6 is 23.1 Å². The number of ether oxygens (including phenoxy) is 2. The second kappa shape index (κ2) is 8.41. The van der Waals surface area contributed by atoms with Gasteiger partial charge in [0.15, 0.2) is 16.3 Å². The molecule has 7 heteroatoms. The van der Waals surface area contributed by atoms with Crippen LogP contribution < -0.4 is 14.3 Å². The van der Waals surface area contributed by atoms with Crippen LogP contribution in [0.1, 0.15) is 19.4 Å². The SMILES string of the molecule is CCSc1ccc(CC(=O)N=c2sc3cc4c(cc3n2CC)OCCO4)cc1. The fourth-order valence-corrected chi connectivity index (χ4v) is 4.97. The van der Waals surface area contributed by atoms with Crippen molar-refractivity contribution in [2.24, 2.45) is 4.99 Å². The van der Waals surface area contributed by atoms with Crippen LogP contribution in [0.3, 0.4) is 0 Å². The van der Waals surface area contributed by atoms with Gasteiger partial charge in [-0.15, -0.1) is 11.8 Å². The molecule has 1 aromatic heterocycles. The zero-order valence-electron chi connectivity index (χ0n) is 15.9. The number of rotatable bonds is 5. The minimum Gasteiger partial charge on any atom is -0.486 e. The summed E-state index contributed by atoms with van der Waals surface area (Å²) >= 11 is 3.30. The Morgan fingerprint density at radius 2 is 1.86 bits per heavy atom. The van der Waals surface area contributed by atoms with Gasteiger partial charge in [0.05, 0.1) is 16.6 Å². The Morgan fingerprint density at radius 3 is 2.54 bits per heavy atom. The molecule has 0 saturated carbocycles. The summed E-state index contributed by atoms with van der Waals surface area (Å²) in [7, 11) is 0. The predicted molar refractivity (Wildman–Crippen MR) is 114 cm³/mol. The molecule has 1 aliphatic heterocycles. The highest BCUT2D eigenvalue weighted by molar-refractivity contribution is 7.99. The average molecular weight is 415 g/mol. The molecule has 0 fully saturated rings. The topological polar surface area (TPSA) is 52.8 Å². The summed E-state index contributed by atoms with van der Waals surface area (Å²) in [5, 5.41) is 0. The number of nitrogens with zero attached hydrogens (tertiary/aromatic N) is 2. The van der Waals surface area contributed by atoms with E-state index in [0.717, 1.165) is 39.6 Å². The van der Waals surface area contributed by atoms with E-state index < -0.39 is 0 Å². The molecule has 0 radical (unpaired) electrons. The van der Waals surface area contributed by atoms with Crippen LogP contribution in [0.5, 0.6) is 11.5 Å². The van der Waals surface area contributed by atoms with Crippen molar-refractivity contribution in [3.8, 4) is 11.5 Å².